The van der Waals surface area contributed by atoms with Crippen LogP contribution in [-0.4, -0.2) is 29.9 Å². The van der Waals surface area contributed by atoms with E-state index in [1.165, 1.54) is 48.5 Å². The number of ether oxygens (including phenoxy) is 3. The summed E-state index contributed by atoms with van der Waals surface area (Å²) in [7, 11) is -4.44. The topological polar surface area (TPSA) is 110 Å². The Morgan fingerprint density at radius 3 is 1.61 bits per heavy atom. The third-order valence-corrected chi connectivity index (χ3v) is 8.17. The van der Waals surface area contributed by atoms with Gasteiger partial charge in [0, 0.05) is 0 Å². The van der Waals surface area contributed by atoms with Gasteiger partial charge in [-0.1, -0.05) is 84.9 Å². The first-order chi connectivity index (χ1) is 22.3. The van der Waals surface area contributed by atoms with Crippen LogP contribution in [0.1, 0.15) is 22.3 Å². The molecule has 0 aromatic heterocycles. The van der Waals surface area contributed by atoms with Crippen LogP contribution in [0.4, 0.5) is 8.78 Å². The second-order valence-corrected chi connectivity index (χ2v) is 11.8. The second-order valence-electron chi connectivity index (χ2n) is 10.1. The van der Waals surface area contributed by atoms with Crippen LogP contribution in [0.25, 0.3) is 0 Å². The number of aliphatic hydroxyl groups is 1. The number of benzene rings is 4. The van der Waals surface area contributed by atoms with E-state index in [1.807, 2.05) is 12.1 Å². The molecule has 12 heteroatoms. The van der Waals surface area contributed by atoms with E-state index in [2.05, 4.69) is 0 Å². The Morgan fingerprint density at radius 2 is 1.13 bits per heavy atom. The Hall–Kier alpha value is -4.38. The SMILES string of the molecule is O=C1OC(C(CO)OP(=O)(OCc2ccccc2)OCc2ccccc2)C(OCc2ccc(F)cc2)=C1OCc1ccc(F)cc1. The minimum Gasteiger partial charge on any atom is -0.485 e. The molecule has 9 nitrogen and oxygen atoms in total. The Kier molecular flexibility index (Phi) is 11.3. The van der Waals surface area contributed by atoms with Crippen molar-refractivity contribution >= 4 is 13.8 Å². The van der Waals surface area contributed by atoms with Gasteiger partial charge in [0.1, 0.15) is 31.0 Å². The van der Waals surface area contributed by atoms with Crippen LogP contribution in [0.2, 0.25) is 0 Å². The Balaban J connectivity index is 1.40. The van der Waals surface area contributed by atoms with E-state index in [1.54, 1.807) is 48.5 Å². The van der Waals surface area contributed by atoms with Gasteiger partial charge in [-0.3, -0.25) is 13.6 Å². The molecule has 0 saturated carbocycles. The molecule has 0 aliphatic carbocycles. The number of carbonyl (C=O) groups is 1. The minimum atomic E-state index is -4.44. The quantitative estimate of drug-likeness (QED) is 0.104. The van der Waals surface area contributed by atoms with Crippen molar-refractivity contribution in [3.63, 3.8) is 0 Å². The number of carbonyl (C=O) groups excluding carboxylic acids is 1. The van der Waals surface area contributed by atoms with Gasteiger partial charge in [0.15, 0.2) is 11.9 Å². The minimum absolute atomic E-state index is 0.142. The fourth-order valence-corrected chi connectivity index (χ4v) is 5.68. The van der Waals surface area contributed by atoms with Crippen molar-refractivity contribution in [2.75, 3.05) is 6.61 Å². The molecule has 0 spiro atoms. The number of hydrogen-bond acceptors (Lipinski definition) is 9. The van der Waals surface area contributed by atoms with Crippen molar-refractivity contribution in [2.24, 2.45) is 0 Å². The lowest BCUT2D eigenvalue weighted by atomic mass is 10.1. The highest BCUT2D eigenvalue weighted by Crippen LogP contribution is 2.53. The third kappa shape index (κ3) is 9.09. The lowest BCUT2D eigenvalue weighted by molar-refractivity contribution is -0.148. The molecular formula is C34H31F2O9P. The highest BCUT2D eigenvalue weighted by molar-refractivity contribution is 7.48. The summed E-state index contributed by atoms with van der Waals surface area (Å²) in [5.41, 5.74) is 2.46. The first-order valence-corrected chi connectivity index (χ1v) is 15.7. The zero-order chi connectivity index (χ0) is 32.4. The van der Waals surface area contributed by atoms with Gasteiger partial charge < -0.3 is 19.3 Å². The van der Waals surface area contributed by atoms with E-state index in [0.29, 0.717) is 22.3 Å². The summed E-state index contributed by atoms with van der Waals surface area (Å²) in [6.07, 6.45) is -2.92. The largest absolute Gasteiger partial charge is 0.485 e. The number of halogens is 2. The van der Waals surface area contributed by atoms with Crippen LogP contribution in [0.5, 0.6) is 0 Å². The van der Waals surface area contributed by atoms with Gasteiger partial charge in [0.05, 0.1) is 19.8 Å². The fraction of sp³-hybridized carbons (Fsp3) is 0.206. The van der Waals surface area contributed by atoms with E-state index < -0.39 is 44.2 Å². The molecule has 5 rings (SSSR count). The summed E-state index contributed by atoms with van der Waals surface area (Å²) < 4.78 is 75.3. The predicted octanol–water partition coefficient (Wildman–Crippen LogP) is 6.75. The normalized spacial score (nSPS) is 15.5. The highest BCUT2D eigenvalue weighted by Gasteiger charge is 2.46. The van der Waals surface area contributed by atoms with Gasteiger partial charge in [-0.05, 0) is 46.5 Å². The summed E-state index contributed by atoms with van der Waals surface area (Å²) in [5, 5.41) is 10.4. The molecule has 0 amide bonds. The lowest BCUT2D eigenvalue weighted by Gasteiger charge is -2.27. The molecule has 4 aromatic rings. The van der Waals surface area contributed by atoms with Crippen molar-refractivity contribution in [3.05, 3.63) is 155 Å². The van der Waals surface area contributed by atoms with Gasteiger partial charge in [-0.15, -0.1) is 0 Å². The highest BCUT2D eigenvalue weighted by atomic mass is 31.2. The predicted molar refractivity (Wildman–Crippen MR) is 161 cm³/mol. The summed E-state index contributed by atoms with van der Waals surface area (Å²) in [6, 6.07) is 28.7. The maximum absolute atomic E-state index is 14.0. The van der Waals surface area contributed by atoms with Crippen molar-refractivity contribution in [3.8, 4) is 0 Å². The molecule has 2 atom stereocenters. The van der Waals surface area contributed by atoms with E-state index >= 15 is 0 Å². The molecule has 1 heterocycles. The Bertz CT molecular complexity index is 1600. The standard InChI is InChI=1S/C34H31F2O9P/c35-28-15-11-26(12-16-28)20-40-32-31(44-34(38)33(32)41-21-27-13-17-29(36)18-14-27)30(19-37)45-46(39,42-22-24-7-3-1-4-8-24)43-23-25-9-5-2-6-10-25/h1-18,30-31,37H,19-23H2. The fourth-order valence-electron chi connectivity index (χ4n) is 4.36. The molecule has 0 bridgehead atoms. The molecule has 1 N–H and O–H groups in total. The maximum Gasteiger partial charge on any atom is 0.475 e. The van der Waals surface area contributed by atoms with Crippen molar-refractivity contribution in [1.82, 2.24) is 0 Å². The molecular weight excluding hydrogens is 621 g/mol. The molecule has 0 radical (unpaired) electrons. The lowest BCUT2D eigenvalue weighted by Crippen LogP contribution is -2.35. The Morgan fingerprint density at radius 1 is 0.674 bits per heavy atom. The van der Waals surface area contributed by atoms with Crippen LogP contribution in [0, 0.1) is 11.6 Å². The maximum atomic E-state index is 14.0. The molecule has 1 aliphatic rings. The molecule has 46 heavy (non-hydrogen) atoms. The molecule has 4 aromatic carbocycles. The smallest absolute Gasteiger partial charge is 0.475 e. The average molecular weight is 653 g/mol. The van der Waals surface area contributed by atoms with E-state index in [0.717, 1.165) is 0 Å². The number of esters is 1. The number of aliphatic hydroxyl groups excluding tert-OH is 1. The monoisotopic (exact) mass is 652 g/mol. The summed E-state index contributed by atoms with van der Waals surface area (Å²) >= 11 is 0. The summed E-state index contributed by atoms with van der Waals surface area (Å²) in [6.45, 7) is -1.38. The van der Waals surface area contributed by atoms with Crippen LogP contribution >= 0.6 is 7.82 Å². The molecule has 1 aliphatic heterocycles. The van der Waals surface area contributed by atoms with E-state index in [9.17, 15) is 23.2 Å². The molecule has 0 fully saturated rings. The van der Waals surface area contributed by atoms with Gasteiger partial charge in [-0.25, -0.2) is 18.1 Å². The first kappa shape index (κ1) is 33.0. The zero-order valence-electron chi connectivity index (χ0n) is 24.5. The van der Waals surface area contributed by atoms with Crippen LogP contribution in [-0.2, 0) is 63.6 Å². The first-order valence-electron chi connectivity index (χ1n) is 14.3. The van der Waals surface area contributed by atoms with E-state index in [4.69, 9.17) is 27.8 Å². The van der Waals surface area contributed by atoms with Gasteiger partial charge in [-0.2, -0.15) is 0 Å². The van der Waals surface area contributed by atoms with Crippen molar-refractivity contribution in [1.29, 1.82) is 0 Å². The molecule has 0 saturated heterocycles. The summed E-state index contributed by atoms with van der Waals surface area (Å²) in [5.74, 6) is -2.31. The molecule has 240 valence electrons. The van der Waals surface area contributed by atoms with E-state index in [-0.39, 0.29) is 37.9 Å². The van der Waals surface area contributed by atoms with Crippen molar-refractivity contribution in [2.45, 2.75) is 38.6 Å². The number of phosphoric ester groups is 1. The van der Waals surface area contributed by atoms with Crippen LogP contribution in [0.15, 0.2) is 121 Å². The van der Waals surface area contributed by atoms with Gasteiger partial charge in [0.25, 0.3) is 0 Å². The van der Waals surface area contributed by atoms with Crippen molar-refractivity contribution < 1.29 is 51.0 Å². The van der Waals surface area contributed by atoms with Gasteiger partial charge >= 0.3 is 13.8 Å². The number of hydrogen-bond donors (Lipinski definition) is 1. The average Bonchev–Trinajstić information content (AvgIpc) is 3.40. The van der Waals surface area contributed by atoms with Gasteiger partial charge in [0.2, 0.25) is 5.76 Å². The third-order valence-electron chi connectivity index (χ3n) is 6.75. The number of phosphoric acid groups is 1. The second kappa shape index (κ2) is 15.8. The summed E-state index contributed by atoms with van der Waals surface area (Å²) in [4.78, 5) is 13.1. The molecule has 2 unspecified atom stereocenters. The van der Waals surface area contributed by atoms with Crippen LogP contribution < -0.4 is 0 Å². The Labute approximate surface area is 264 Å². The number of cyclic esters (lactones) is 1. The number of rotatable bonds is 16. The van der Waals surface area contributed by atoms with Crippen LogP contribution in [0.3, 0.4) is 0 Å². The zero-order valence-corrected chi connectivity index (χ0v) is 25.4.